The molecule has 0 spiro atoms. The van der Waals surface area contributed by atoms with Gasteiger partial charge in [0, 0.05) is 11.5 Å². The summed E-state index contributed by atoms with van der Waals surface area (Å²) in [5, 5.41) is 23.6. The third-order valence-electron chi connectivity index (χ3n) is 3.87. The Morgan fingerprint density at radius 3 is 1.25 bits per heavy atom. The van der Waals surface area contributed by atoms with Gasteiger partial charge in [0.2, 0.25) is 11.8 Å². The van der Waals surface area contributed by atoms with Crippen molar-refractivity contribution in [3.05, 3.63) is 0 Å². The molecule has 0 saturated carbocycles. The van der Waals surface area contributed by atoms with Crippen molar-refractivity contribution in [1.29, 1.82) is 0 Å². The molecule has 0 aliphatic heterocycles. The summed E-state index contributed by atoms with van der Waals surface area (Å²) < 4.78 is -1.51. The molecule has 2 atom stereocenters. The summed E-state index contributed by atoms with van der Waals surface area (Å²) in [7, 11) is 2.26. The number of carboxylic acids is 2. The molecule has 0 bridgehead atoms. The predicted molar refractivity (Wildman–Crippen MR) is 119 cm³/mol. The van der Waals surface area contributed by atoms with Crippen LogP contribution in [0.1, 0.15) is 27.7 Å². The van der Waals surface area contributed by atoms with E-state index in [-0.39, 0.29) is 23.3 Å². The van der Waals surface area contributed by atoms with E-state index in [0.29, 0.717) is 0 Å². The predicted octanol–water partition coefficient (Wildman–Crippen LogP) is 1.79. The van der Waals surface area contributed by atoms with Crippen LogP contribution in [-0.4, -0.2) is 79.6 Å². The van der Waals surface area contributed by atoms with E-state index in [1.165, 1.54) is 23.5 Å². The standard InChI is InChI=1S/C16H28N2O6S4/c1-15(2,25-5)13(23)17-9(11(19)20)7-27-28-8-10(12(21)22)18-14(24)16(3,4)26-6/h9-10H,7-8H2,1-6H3,(H,17,23)(H,18,24)(H,19,20)(H,21,22)/t9-,10?/m0/s1. The van der Waals surface area contributed by atoms with Crippen molar-refractivity contribution in [3.63, 3.8) is 0 Å². The quantitative estimate of drug-likeness (QED) is 0.232. The summed E-state index contributed by atoms with van der Waals surface area (Å²) >= 11 is 2.62. The highest BCUT2D eigenvalue weighted by Crippen LogP contribution is 2.26. The fourth-order valence-electron chi connectivity index (χ4n) is 1.43. The number of carboxylic acid groups (broad SMARTS) is 2. The molecule has 28 heavy (non-hydrogen) atoms. The third-order valence-corrected chi connectivity index (χ3v) is 8.71. The van der Waals surface area contributed by atoms with Crippen LogP contribution in [0.4, 0.5) is 0 Å². The van der Waals surface area contributed by atoms with E-state index in [0.717, 1.165) is 21.6 Å². The number of rotatable bonds is 13. The Hall–Kier alpha value is -0.720. The molecule has 0 aliphatic carbocycles. The van der Waals surface area contributed by atoms with Gasteiger partial charge in [0.05, 0.1) is 9.49 Å². The first-order valence-electron chi connectivity index (χ1n) is 8.20. The molecule has 0 heterocycles. The van der Waals surface area contributed by atoms with Gasteiger partial charge < -0.3 is 20.8 Å². The van der Waals surface area contributed by atoms with Crippen LogP contribution in [0.5, 0.6) is 0 Å². The van der Waals surface area contributed by atoms with Crippen LogP contribution >= 0.6 is 45.1 Å². The monoisotopic (exact) mass is 472 g/mol. The number of carbonyl (C=O) groups excluding carboxylic acids is 2. The second-order valence-corrected chi connectivity index (χ2v) is 12.1. The Kier molecular flexibility index (Phi) is 11.8. The van der Waals surface area contributed by atoms with Crippen molar-refractivity contribution in [3.8, 4) is 0 Å². The van der Waals surface area contributed by atoms with Gasteiger partial charge in [-0.15, -0.1) is 23.5 Å². The van der Waals surface area contributed by atoms with Gasteiger partial charge in [-0.2, -0.15) is 0 Å². The van der Waals surface area contributed by atoms with Crippen LogP contribution in [0, 0.1) is 0 Å². The molecule has 1 unspecified atom stereocenters. The summed E-state index contributed by atoms with van der Waals surface area (Å²) in [6.07, 6.45) is 3.53. The van der Waals surface area contributed by atoms with Gasteiger partial charge >= 0.3 is 11.9 Å². The molecular weight excluding hydrogens is 444 g/mol. The van der Waals surface area contributed by atoms with E-state index in [2.05, 4.69) is 10.6 Å². The van der Waals surface area contributed by atoms with Crippen LogP contribution in [0.25, 0.3) is 0 Å². The SMILES string of the molecule is CSC(C)(C)C(=O)NC(CSSC[C@H](NC(=O)C(C)(C)SC)C(=O)O)C(=O)O. The highest BCUT2D eigenvalue weighted by atomic mass is 33.1. The van der Waals surface area contributed by atoms with Gasteiger partial charge in [0.25, 0.3) is 0 Å². The van der Waals surface area contributed by atoms with Gasteiger partial charge in [-0.25, -0.2) is 9.59 Å². The van der Waals surface area contributed by atoms with Gasteiger partial charge in [-0.05, 0) is 40.2 Å². The smallest absolute Gasteiger partial charge is 0.327 e. The number of nitrogens with one attached hydrogen (secondary N) is 2. The van der Waals surface area contributed by atoms with Crippen LogP contribution in [0.15, 0.2) is 0 Å². The molecule has 162 valence electrons. The number of hydrogen-bond donors (Lipinski definition) is 4. The summed E-state index contributed by atoms with van der Waals surface area (Å²) in [6.45, 7) is 6.79. The summed E-state index contributed by atoms with van der Waals surface area (Å²) in [4.78, 5) is 47.0. The van der Waals surface area contributed by atoms with Crippen molar-refractivity contribution in [2.24, 2.45) is 0 Å². The zero-order valence-electron chi connectivity index (χ0n) is 16.7. The zero-order chi connectivity index (χ0) is 22.1. The summed E-state index contributed by atoms with van der Waals surface area (Å²) in [6, 6.07) is -2.19. The van der Waals surface area contributed by atoms with Crippen molar-refractivity contribution >= 4 is 68.9 Å². The summed E-state index contributed by atoms with van der Waals surface area (Å²) in [5.74, 6) is -2.97. The number of aliphatic carboxylic acids is 2. The minimum Gasteiger partial charge on any atom is -0.480 e. The lowest BCUT2D eigenvalue weighted by Crippen LogP contribution is -2.49. The van der Waals surface area contributed by atoms with Gasteiger partial charge in [0.15, 0.2) is 0 Å². The Morgan fingerprint density at radius 1 is 0.750 bits per heavy atom. The lowest BCUT2D eigenvalue weighted by Gasteiger charge is -2.24. The fourth-order valence-corrected chi connectivity index (χ4v) is 4.23. The first-order chi connectivity index (χ1) is 12.8. The number of carbonyl (C=O) groups is 4. The second kappa shape index (κ2) is 12.1. The second-order valence-electron chi connectivity index (χ2n) is 6.73. The van der Waals surface area contributed by atoms with Gasteiger partial charge in [-0.3, -0.25) is 9.59 Å². The minimum absolute atomic E-state index is 0.0623. The van der Waals surface area contributed by atoms with Gasteiger partial charge in [-0.1, -0.05) is 21.6 Å². The normalized spacial score (nSPS) is 14.1. The molecule has 0 fully saturated rings. The van der Waals surface area contributed by atoms with Crippen molar-refractivity contribution < 1.29 is 29.4 Å². The maximum atomic E-state index is 12.1. The highest BCUT2D eigenvalue weighted by molar-refractivity contribution is 8.76. The molecular formula is C16H28N2O6S4. The lowest BCUT2D eigenvalue weighted by atomic mass is 10.2. The average Bonchev–Trinajstić information content (AvgIpc) is 2.61. The van der Waals surface area contributed by atoms with Crippen molar-refractivity contribution in [2.45, 2.75) is 49.3 Å². The van der Waals surface area contributed by atoms with E-state index in [4.69, 9.17) is 0 Å². The number of amides is 2. The van der Waals surface area contributed by atoms with Gasteiger partial charge in [0.1, 0.15) is 12.1 Å². The molecule has 12 heteroatoms. The topological polar surface area (TPSA) is 133 Å². The molecule has 0 aromatic rings. The van der Waals surface area contributed by atoms with Crippen LogP contribution in [-0.2, 0) is 19.2 Å². The number of thioether (sulfide) groups is 2. The Bertz CT molecular complexity index is 535. The zero-order valence-corrected chi connectivity index (χ0v) is 20.0. The molecule has 4 N–H and O–H groups in total. The van der Waals surface area contributed by atoms with E-state index >= 15 is 0 Å². The van der Waals surface area contributed by atoms with Crippen molar-refractivity contribution in [2.75, 3.05) is 24.0 Å². The molecule has 8 nitrogen and oxygen atoms in total. The fraction of sp³-hybridized carbons (Fsp3) is 0.750. The Labute approximate surface area is 181 Å². The Balaban J connectivity index is 4.67. The van der Waals surface area contributed by atoms with Crippen molar-refractivity contribution in [1.82, 2.24) is 10.6 Å². The first-order valence-corrected chi connectivity index (χ1v) is 13.1. The van der Waals surface area contributed by atoms with E-state index in [1.54, 1.807) is 40.2 Å². The molecule has 0 aromatic heterocycles. The maximum Gasteiger partial charge on any atom is 0.327 e. The average molecular weight is 473 g/mol. The van der Waals surface area contributed by atoms with Crippen LogP contribution in [0.2, 0.25) is 0 Å². The molecule has 2 amide bonds. The molecule has 0 rings (SSSR count). The lowest BCUT2D eigenvalue weighted by molar-refractivity contribution is -0.141. The molecule has 0 aromatic carbocycles. The minimum atomic E-state index is -1.16. The van der Waals surface area contributed by atoms with Crippen LogP contribution in [0.3, 0.4) is 0 Å². The van der Waals surface area contributed by atoms with E-state index < -0.39 is 33.5 Å². The Morgan fingerprint density at radius 2 is 1.04 bits per heavy atom. The highest BCUT2D eigenvalue weighted by Gasteiger charge is 2.32. The van der Waals surface area contributed by atoms with Crippen LogP contribution < -0.4 is 10.6 Å². The first kappa shape index (κ1) is 27.3. The maximum absolute atomic E-state index is 12.1. The van der Waals surface area contributed by atoms with E-state index in [9.17, 15) is 29.4 Å². The number of hydrogen-bond acceptors (Lipinski definition) is 8. The third kappa shape index (κ3) is 9.19. The summed E-state index contributed by atoms with van der Waals surface area (Å²) in [5.41, 5.74) is 0. The molecule has 0 saturated heterocycles. The molecule has 0 aliphatic rings. The van der Waals surface area contributed by atoms with E-state index in [1.807, 2.05) is 0 Å². The largest absolute Gasteiger partial charge is 0.480 e. The molecule has 0 radical (unpaired) electrons.